The first-order valence-corrected chi connectivity index (χ1v) is 7.42. The van der Waals surface area contributed by atoms with E-state index in [1.807, 2.05) is 13.0 Å². The fraction of sp³-hybridized carbons (Fsp3) is 0.500. The zero-order valence-electron chi connectivity index (χ0n) is 13.2. The summed E-state index contributed by atoms with van der Waals surface area (Å²) >= 11 is 0. The monoisotopic (exact) mass is 418 g/mol. The van der Waals surface area contributed by atoms with Crippen LogP contribution in [0.5, 0.6) is 0 Å². The molecule has 1 aromatic carbocycles. The third kappa shape index (κ3) is 7.59. The van der Waals surface area contributed by atoms with Gasteiger partial charge in [-0.2, -0.15) is 5.26 Å². The van der Waals surface area contributed by atoms with Crippen molar-refractivity contribution in [2.24, 2.45) is 4.99 Å². The Morgan fingerprint density at radius 2 is 2.05 bits per heavy atom. The van der Waals surface area contributed by atoms with Gasteiger partial charge < -0.3 is 10.6 Å². The number of halogens is 2. The second-order valence-electron chi connectivity index (χ2n) is 4.75. The summed E-state index contributed by atoms with van der Waals surface area (Å²) in [6.07, 6.45) is 3.44. The number of nitriles is 1. The molecule has 0 saturated carbocycles. The molecule has 6 heteroatoms. The van der Waals surface area contributed by atoms with Crippen molar-refractivity contribution in [2.45, 2.75) is 39.7 Å². The second-order valence-corrected chi connectivity index (χ2v) is 4.75. The lowest BCUT2D eigenvalue weighted by atomic mass is 10.1. The summed E-state index contributed by atoms with van der Waals surface area (Å²) in [5.74, 6) is 0.303. The van der Waals surface area contributed by atoms with Crippen molar-refractivity contribution < 1.29 is 4.39 Å². The average Bonchev–Trinajstić information content (AvgIpc) is 2.49. The van der Waals surface area contributed by atoms with Gasteiger partial charge in [-0.3, -0.25) is 0 Å². The van der Waals surface area contributed by atoms with Gasteiger partial charge in [-0.15, -0.1) is 24.0 Å². The van der Waals surface area contributed by atoms with E-state index >= 15 is 0 Å². The molecular weight excluding hydrogens is 394 g/mol. The van der Waals surface area contributed by atoms with E-state index in [0.29, 0.717) is 17.1 Å². The number of guanidine groups is 1. The van der Waals surface area contributed by atoms with E-state index in [0.717, 1.165) is 19.5 Å². The van der Waals surface area contributed by atoms with E-state index in [4.69, 9.17) is 5.26 Å². The molecule has 0 saturated heterocycles. The largest absolute Gasteiger partial charge is 0.357 e. The molecule has 0 spiro atoms. The Kier molecular flexibility index (Phi) is 11.5. The van der Waals surface area contributed by atoms with Crippen LogP contribution < -0.4 is 10.6 Å². The second kappa shape index (κ2) is 12.2. The summed E-state index contributed by atoms with van der Waals surface area (Å²) in [4.78, 5) is 4.37. The summed E-state index contributed by atoms with van der Waals surface area (Å²) in [6, 6.07) is 6.38. The molecule has 0 bridgehead atoms. The van der Waals surface area contributed by atoms with Crippen molar-refractivity contribution in [3.63, 3.8) is 0 Å². The minimum absolute atomic E-state index is 0. The van der Waals surface area contributed by atoms with Crippen LogP contribution in [0.1, 0.15) is 44.2 Å². The smallest absolute Gasteiger partial charge is 0.191 e. The maximum Gasteiger partial charge on any atom is 0.191 e. The van der Waals surface area contributed by atoms with Crippen LogP contribution in [0.25, 0.3) is 0 Å². The molecule has 0 heterocycles. The summed E-state index contributed by atoms with van der Waals surface area (Å²) < 4.78 is 13.8. The van der Waals surface area contributed by atoms with E-state index in [-0.39, 0.29) is 36.3 Å². The normalized spacial score (nSPS) is 10.5. The highest BCUT2D eigenvalue weighted by molar-refractivity contribution is 14.0. The van der Waals surface area contributed by atoms with Gasteiger partial charge in [-0.25, -0.2) is 9.38 Å². The van der Waals surface area contributed by atoms with Crippen LogP contribution in [-0.2, 0) is 6.54 Å². The van der Waals surface area contributed by atoms with E-state index in [1.165, 1.54) is 18.9 Å². The van der Waals surface area contributed by atoms with E-state index in [1.54, 1.807) is 12.1 Å². The molecule has 0 amide bonds. The molecule has 2 N–H and O–H groups in total. The number of unbranched alkanes of at least 4 members (excludes halogenated alkanes) is 2. The Balaban J connectivity index is 0.00000441. The molecule has 0 aliphatic carbocycles. The molecule has 0 aromatic heterocycles. The highest BCUT2D eigenvalue weighted by Crippen LogP contribution is 2.10. The van der Waals surface area contributed by atoms with Crippen molar-refractivity contribution in [3.05, 3.63) is 35.1 Å². The SMILES string of the molecule is CCCCCNC(=NCc1ccc(C#N)cc1F)NCC.I. The van der Waals surface area contributed by atoms with Crippen LogP contribution in [0.4, 0.5) is 4.39 Å². The Morgan fingerprint density at radius 1 is 1.27 bits per heavy atom. The number of hydrogen-bond donors (Lipinski definition) is 2. The third-order valence-corrected chi connectivity index (χ3v) is 3.01. The molecule has 0 fully saturated rings. The molecular formula is C16H24FIN4. The number of aliphatic imine (C=N–C) groups is 1. The summed E-state index contributed by atoms with van der Waals surface area (Å²) in [6.45, 7) is 6.02. The van der Waals surface area contributed by atoms with Gasteiger partial charge in [0.15, 0.2) is 5.96 Å². The fourth-order valence-electron chi connectivity index (χ4n) is 1.83. The van der Waals surface area contributed by atoms with Crippen LogP contribution in [-0.4, -0.2) is 19.0 Å². The zero-order valence-corrected chi connectivity index (χ0v) is 15.5. The summed E-state index contributed by atoms with van der Waals surface area (Å²) in [7, 11) is 0. The Hall–Kier alpha value is -1.36. The predicted molar refractivity (Wildman–Crippen MR) is 98.9 cm³/mol. The number of nitrogens with one attached hydrogen (secondary N) is 2. The van der Waals surface area contributed by atoms with Crippen LogP contribution in [0.3, 0.4) is 0 Å². The molecule has 0 aliphatic rings. The molecule has 122 valence electrons. The van der Waals surface area contributed by atoms with E-state index < -0.39 is 0 Å². The standard InChI is InChI=1S/C16H23FN4.HI/c1-3-5-6-9-20-16(19-4-2)21-12-14-8-7-13(11-18)10-15(14)17;/h7-8,10H,3-6,9,12H2,1-2H3,(H2,19,20,21);1H. The number of nitrogens with zero attached hydrogens (tertiary/aromatic N) is 2. The van der Waals surface area contributed by atoms with Gasteiger partial charge in [-0.1, -0.05) is 25.8 Å². The number of rotatable bonds is 7. The molecule has 1 aromatic rings. The van der Waals surface area contributed by atoms with Gasteiger partial charge >= 0.3 is 0 Å². The minimum atomic E-state index is -0.389. The van der Waals surface area contributed by atoms with Crippen molar-refractivity contribution in [1.29, 1.82) is 5.26 Å². The van der Waals surface area contributed by atoms with E-state index in [9.17, 15) is 4.39 Å². The first-order valence-electron chi connectivity index (χ1n) is 7.42. The van der Waals surface area contributed by atoms with E-state index in [2.05, 4.69) is 22.5 Å². The lowest BCUT2D eigenvalue weighted by molar-refractivity contribution is 0.609. The Labute approximate surface area is 149 Å². The van der Waals surface area contributed by atoms with Crippen LogP contribution in [0.2, 0.25) is 0 Å². The molecule has 0 aliphatic heterocycles. The highest BCUT2D eigenvalue weighted by atomic mass is 127. The van der Waals surface area contributed by atoms with Crippen molar-refractivity contribution in [3.8, 4) is 6.07 Å². The van der Waals surface area contributed by atoms with Gasteiger partial charge in [0.2, 0.25) is 0 Å². The van der Waals surface area contributed by atoms with Crippen LogP contribution >= 0.6 is 24.0 Å². The number of benzene rings is 1. The molecule has 22 heavy (non-hydrogen) atoms. The lowest BCUT2D eigenvalue weighted by Gasteiger charge is -2.11. The van der Waals surface area contributed by atoms with Gasteiger partial charge in [0.05, 0.1) is 18.2 Å². The maximum absolute atomic E-state index is 13.8. The van der Waals surface area contributed by atoms with Crippen LogP contribution in [0, 0.1) is 17.1 Å². The first-order chi connectivity index (χ1) is 10.2. The fourth-order valence-corrected chi connectivity index (χ4v) is 1.83. The summed E-state index contributed by atoms with van der Waals surface area (Å²) in [5, 5.41) is 15.1. The minimum Gasteiger partial charge on any atom is -0.357 e. The lowest BCUT2D eigenvalue weighted by Crippen LogP contribution is -2.37. The number of hydrogen-bond acceptors (Lipinski definition) is 2. The maximum atomic E-state index is 13.8. The molecule has 1 rings (SSSR count). The predicted octanol–water partition coefficient (Wildman–Crippen LogP) is 3.56. The van der Waals surface area contributed by atoms with Crippen molar-refractivity contribution in [1.82, 2.24) is 10.6 Å². The van der Waals surface area contributed by atoms with Gasteiger partial charge in [-0.05, 0) is 25.5 Å². The first kappa shape index (κ1) is 20.6. The third-order valence-electron chi connectivity index (χ3n) is 3.01. The zero-order chi connectivity index (χ0) is 15.5. The molecule has 0 radical (unpaired) electrons. The molecule has 0 unspecified atom stereocenters. The van der Waals surface area contributed by atoms with Crippen LogP contribution in [0.15, 0.2) is 23.2 Å². The quantitative estimate of drug-likeness (QED) is 0.308. The topological polar surface area (TPSA) is 60.2 Å². The summed E-state index contributed by atoms with van der Waals surface area (Å²) in [5.41, 5.74) is 0.810. The Bertz CT molecular complexity index is 511. The molecule has 0 atom stereocenters. The van der Waals surface area contributed by atoms with Gasteiger partial charge in [0.1, 0.15) is 5.82 Å². The highest BCUT2D eigenvalue weighted by Gasteiger charge is 2.04. The van der Waals surface area contributed by atoms with Gasteiger partial charge in [0, 0.05) is 18.7 Å². The molecule has 4 nitrogen and oxygen atoms in total. The van der Waals surface area contributed by atoms with Crippen molar-refractivity contribution >= 4 is 29.9 Å². The van der Waals surface area contributed by atoms with Crippen molar-refractivity contribution in [2.75, 3.05) is 13.1 Å². The Morgan fingerprint density at radius 3 is 2.64 bits per heavy atom. The average molecular weight is 418 g/mol. The van der Waals surface area contributed by atoms with Gasteiger partial charge in [0.25, 0.3) is 0 Å².